The van der Waals surface area contributed by atoms with Gasteiger partial charge in [0.15, 0.2) is 0 Å². The summed E-state index contributed by atoms with van der Waals surface area (Å²) in [6.45, 7) is 6.09. The van der Waals surface area contributed by atoms with Gasteiger partial charge in [-0.2, -0.15) is 4.31 Å². The van der Waals surface area contributed by atoms with Gasteiger partial charge >= 0.3 is 0 Å². The van der Waals surface area contributed by atoms with Crippen molar-refractivity contribution in [2.24, 2.45) is 0 Å². The molecule has 1 atom stereocenters. The number of piperazine rings is 1. The minimum atomic E-state index is -3.56. The molecule has 0 spiro atoms. The zero-order valence-electron chi connectivity index (χ0n) is 17.9. The molecular weight excluding hydrogens is 400 g/mol. The van der Waals surface area contributed by atoms with Crippen LogP contribution in [0.25, 0.3) is 0 Å². The fourth-order valence-corrected chi connectivity index (χ4v) is 5.00. The maximum atomic E-state index is 13.0. The summed E-state index contributed by atoms with van der Waals surface area (Å²) >= 11 is 0. The molecule has 6 nitrogen and oxygen atoms in total. The lowest BCUT2D eigenvalue weighted by Crippen LogP contribution is -2.50. The molecule has 0 unspecified atom stereocenters. The molecule has 0 N–H and O–H groups in total. The van der Waals surface area contributed by atoms with E-state index in [0.29, 0.717) is 49.2 Å². The minimum absolute atomic E-state index is 0.0751. The van der Waals surface area contributed by atoms with Gasteiger partial charge < -0.3 is 9.64 Å². The largest absolute Gasteiger partial charge is 0.380 e. The number of benzene rings is 2. The van der Waals surface area contributed by atoms with E-state index in [1.54, 1.807) is 36.3 Å². The average molecular weight is 431 g/mol. The van der Waals surface area contributed by atoms with Gasteiger partial charge in [-0.3, -0.25) is 4.79 Å². The topological polar surface area (TPSA) is 66.9 Å². The van der Waals surface area contributed by atoms with E-state index in [4.69, 9.17) is 4.74 Å². The van der Waals surface area contributed by atoms with Crippen LogP contribution in [-0.2, 0) is 21.4 Å². The number of methoxy groups -OCH3 is 1. The van der Waals surface area contributed by atoms with Crippen LogP contribution in [0.4, 0.5) is 0 Å². The van der Waals surface area contributed by atoms with Crippen molar-refractivity contribution in [2.75, 3.05) is 33.3 Å². The van der Waals surface area contributed by atoms with Gasteiger partial charge in [-0.15, -0.1) is 0 Å². The summed E-state index contributed by atoms with van der Waals surface area (Å²) in [5, 5.41) is 0. The van der Waals surface area contributed by atoms with Crippen molar-refractivity contribution in [3.63, 3.8) is 0 Å². The Balaban J connectivity index is 1.63. The number of carbonyl (C=O) groups is 1. The van der Waals surface area contributed by atoms with Crippen LogP contribution in [-0.4, -0.2) is 56.8 Å². The second-order valence-electron chi connectivity index (χ2n) is 7.70. The highest BCUT2D eigenvalue weighted by atomic mass is 32.2. The standard InChI is InChI=1S/C23H30N2O4S/c1-4-18(2)20-9-11-22(12-10-20)30(27,28)25-15-13-24(14-16-25)23(26)21-7-5-19(6-8-21)17-29-3/h5-12,18H,4,13-17H2,1-3H3/t18-/m0/s1. The van der Waals surface area contributed by atoms with E-state index in [-0.39, 0.29) is 5.91 Å². The van der Waals surface area contributed by atoms with Crippen LogP contribution in [0.5, 0.6) is 0 Å². The number of amides is 1. The summed E-state index contributed by atoms with van der Waals surface area (Å²) in [5.41, 5.74) is 2.75. The Morgan fingerprint density at radius 3 is 2.13 bits per heavy atom. The zero-order chi connectivity index (χ0) is 21.7. The third-order valence-electron chi connectivity index (χ3n) is 5.74. The van der Waals surface area contributed by atoms with Gasteiger partial charge in [0.2, 0.25) is 10.0 Å². The van der Waals surface area contributed by atoms with Gasteiger partial charge in [0.1, 0.15) is 0 Å². The van der Waals surface area contributed by atoms with E-state index < -0.39 is 10.0 Å². The minimum Gasteiger partial charge on any atom is -0.380 e. The number of hydrogen-bond donors (Lipinski definition) is 0. The predicted molar refractivity (Wildman–Crippen MR) is 117 cm³/mol. The number of rotatable bonds is 7. The molecule has 1 heterocycles. The van der Waals surface area contributed by atoms with E-state index in [2.05, 4.69) is 13.8 Å². The van der Waals surface area contributed by atoms with Gasteiger partial charge in [0.05, 0.1) is 11.5 Å². The quantitative estimate of drug-likeness (QED) is 0.674. The molecular formula is C23H30N2O4S. The molecule has 1 aliphatic rings. The predicted octanol–water partition coefficient (Wildman–Crippen LogP) is 3.49. The van der Waals surface area contributed by atoms with Crippen LogP contribution >= 0.6 is 0 Å². The summed E-state index contributed by atoms with van der Waals surface area (Å²) < 4.78 is 32.5. The molecule has 2 aromatic rings. The van der Waals surface area contributed by atoms with Crippen molar-refractivity contribution >= 4 is 15.9 Å². The third-order valence-corrected chi connectivity index (χ3v) is 7.65. The molecule has 3 rings (SSSR count). The molecule has 1 aliphatic heterocycles. The monoisotopic (exact) mass is 430 g/mol. The summed E-state index contributed by atoms with van der Waals surface area (Å²) in [5.74, 6) is 0.328. The van der Waals surface area contributed by atoms with Crippen molar-refractivity contribution in [1.82, 2.24) is 9.21 Å². The number of ether oxygens (including phenoxy) is 1. The number of carbonyl (C=O) groups excluding carboxylic acids is 1. The Bertz CT molecular complexity index is 948. The fourth-order valence-electron chi connectivity index (χ4n) is 3.58. The number of sulfonamides is 1. The Morgan fingerprint density at radius 2 is 1.60 bits per heavy atom. The van der Waals surface area contributed by atoms with Gasteiger partial charge in [0, 0.05) is 38.9 Å². The maximum Gasteiger partial charge on any atom is 0.253 e. The van der Waals surface area contributed by atoms with Crippen molar-refractivity contribution in [2.45, 2.75) is 37.7 Å². The molecule has 0 aromatic heterocycles. The van der Waals surface area contributed by atoms with Crippen molar-refractivity contribution < 1.29 is 17.9 Å². The fraction of sp³-hybridized carbons (Fsp3) is 0.435. The summed E-state index contributed by atoms with van der Waals surface area (Å²) in [7, 11) is -1.92. The zero-order valence-corrected chi connectivity index (χ0v) is 18.7. The molecule has 0 saturated carbocycles. The highest BCUT2D eigenvalue weighted by Gasteiger charge is 2.30. The van der Waals surface area contributed by atoms with E-state index in [1.165, 1.54) is 4.31 Å². The van der Waals surface area contributed by atoms with Crippen molar-refractivity contribution in [3.8, 4) is 0 Å². The Hall–Kier alpha value is -2.22. The Labute approximate surface area is 179 Å². The van der Waals surface area contributed by atoms with Crippen LogP contribution in [0.1, 0.15) is 47.7 Å². The summed E-state index contributed by atoms with van der Waals surface area (Å²) in [6.07, 6.45) is 1.01. The molecule has 1 amide bonds. The van der Waals surface area contributed by atoms with Crippen molar-refractivity contribution in [3.05, 3.63) is 65.2 Å². The first-order valence-corrected chi connectivity index (χ1v) is 11.8. The normalized spacial score (nSPS) is 16.4. The smallest absolute Gasteiger partial charge is 0.253 e. The molecule has 2 aromatic carbocycles. The molecule has 7 heteroatoms. The lowest BCUT2D eigenvalue weighted by Gasteiger charge is -2.34. The van der Waals surface area contributed by atoms with Gasteiger partial charge in [-0.1, -0.05) is 38.1 Å². The summed E-state index contributed by atoms with van der Waals surface area (Å²) in [6, 6.07) is 14.5. The van der Waals surface area contributed by atoms with E-state index in [1.807, 2.05) is 24.3 Å². The van der Waals surface area contributed by atoms with Crippen LogP contribution in [0.2, 0.25) is 0 Å². The maximum absolute atomic E-state index is 13.0. The first-order valence-electron chi connectivity index (χ1n) is 10.3. The molecule has 0 aliphatic carbocycles. The molecule has 0 bridgehead atoms. The van der Waals surface area contributed by atoms with Crippen LogP contribution in [0.3, 0.4) is 0 Å². The van der Waals surface area contributed by atoms with Gasteiger partial charge in [-0.25, -0.2) is 8.42 Å². The third kappa shape index (κ3) is 4.91. The van der Waals surface area contributed by atoms with Gasteiger partial charge in [-0.05, 0) is 47.7 Å². The Morgan fingerprint density at radius 1 is 1.00 bits per heavy atom. The molecule has 162 valence electrons. The average Bonchev–Trinajstić information content (AvgIpc) is 2.79. The lowest BCUT2D eigenvalue weighted by molar-refractivity contribution is 0.0698. The van der Waals surface area contributed by atoms with E-state index in [0.717, 1.165) is 17.5 Å². The van der Waals surface area contributed by atoms with E-state index >= 15 is 0 Å². The van der Waals surface area contributed by atoms with Gasteiger partial charge in [0.25, 0.3) is 5.91 Å². The molecule has 30 heavy (non-hydrogen) atoms. The first-order chi connectivity index (χ1) is 14.4. The summed E-state index contributed by atoms with van der Waals surface area (Å²) in [4.78, 5) is 14.8. The van der Waals surface area contributed by atoms with Crippen LogP contribution in [0.15, 0.2) is 53.4 Å². The lowest BCUT2D eigenvalue weighted by atomic mass is 9.99. The highest BCUT2D eigenvalue weighted by molar-refractivity contribution is 7.89. The molecule has 1 saturated heterocycles. The van der Waals surface area contributed by atoms with Crippen LogP contribution < -0.4 is 0 Å². The molecule has 1 fully saturated rings. The first kappa shape index (κ1) is 22.5. The van der Waals surface area contributed by atoms with Crippen LogP contribution in [0, 0.1) is 0 Å². The van der Waals surface area contributed by atoms with E-state index in [9.17, 15) is 13.2 Å². The molecule has 0 radical (unpaired) electrons. The number of hydrogen-bond acceptors (Lipinski definition) is 4. The highest BCUT2D eigenvalue weighted by Crippen LogP contribution is 2.23. The Kier molecular flexibility index (Phi) is 7.28. The second kappa shape index (κ2) is 9.73. The second-order valence-corrected chi connectivity index (χ2v) is 9.64. The number of nitrogens with zero attached hydrogens (tertiary/aromatic N) is 2. The SMILES string of the molecule is CC[C@H](C)c1ccc(S(=O)(=O)N2CCN(C(=O)c3ccc(COC)cc3)CC2)cc1. The van der Waals surface area contributed by atoms with Crippen molar-refractivity contribution in [1.29, 1.82) is 0 Å².